The Hall–Kier alpha value is -3.62. The summed E-state index contributed by atoms with van der Waals surface area (Å²) in [5, 5.41) is 15.8. The van der Waals surface area contributed by atoms with E-state index < -0.39 is 15.5 Å². The van der Waals surface area contributed by atoms with E-state index in [-0.39, 0.29) is 23.0 Å². The van der Waals surface area contributed by atoms with E-state index in [1.54, 1.807) is 0 Å². The standard InChI is InChI=1S/C25H29FN8OS/c1-15(2)20-11-18(10-16-14-34(3)9-8-19(16)20)29-25-28-13-17(12-27)23(32-25)30-22-7-6-21(26)24(31-22)33-36(4,5)35/h6-7,10-11,13,15H,8-9,14H2,1-5H3,(H2,28,29,30,31,32). The first-order chi connectivity index (χ1) is 17.0. The number of aromatic nitrogens is 3. The number of rotatable bonds is 6. The van der Waals surface area contributed by atoms with Crippen LogP contribution in [0.25, 0.3) is 0 Å². The first-order valence-corrected chi connectivity index (χ1v) is 13.8. The minimum Gasteiger partial charge on any atom is -0.324 e. The molecule has 1 aromatic carbocycles. The monoisotopic (exact) mass is 508 g/mol. The summed E-state index contributed by atoms with van der Waals surface area (Å²) in [6.07, 6.45) is 5.22. The average molecular weight is 509 g/mol. The summed E-state index contributed by atoms with van der Waals surface area (Å²) in [6.45, 7) is 6.28. The van der Waals surface area contributed by atoms with Gasteiger partial charge < -0.3 is 15.5 Å². The number of hydrogen-bond donors (Lipinski definition) is 2. The van der Waals surface area contributed by atoms with Crippen LogP contribution in [-0.2, 0) is 22.7 Å². The third-order valence-corrected chi connectivity index (χ3v) is 6.34. The smallest absolute Gasteiger partial charge is 0.229 e. The average Bonchev–Trinajstić information content (AvgIpc) is 2.79. The Morgan fingerprint density at radius 1 is 1.22 bits per heavy atom. The molecule has 0 unspecified atom stereocenters. The predicted molar refractivity (Wildman–Crippen MR) is 140 cm³/mol. The molecule has 36 heavy (non-hydrogen) atoms. The van der Waals surface area contributed by atoms with Crippen molar-refractivity contribution >= 4 is 38.8 Å². The molecule has 1 aliphatic heterocycles. The lowest BCUT2D eigenvalue weighted by atomic mass is 9.88. The maximum Gasteiger partial charge on any atom is 0.229 e. The van der Waals surface area contributed by atoms with Crippen LogP contribution in [0.5, 0.6) is 0 Å². The van der Waals surface area contributed by atoms with Gasteiger partial charge >= 0.3 is 0 Å². The van der Waals surface area contributed by atoms with Crippen molar-refractivity contribution in [2.75, 3.05) is 36.7 Å². The van der Waals surface area contributed by atoms with Crippen molar-refractivity contribution in [3.63, 3.8) is 0 Å². The lowest BCUT2D eigenvalue weighted by molar-refractivity contribution is 0.312. The van der Waals surface area contributed by atoms with Gasteiger partial charge in [0.25, 0.3) is 0 Å². The van der Waals surface area contributed by atoms with Crippen LogP contribution in [0.3, 0.4) is 0 Å². The Balaban J connectivity index is 1.66. The van der Waals surface area contributed by atoms with Crippen LogP contribution in [0.2, 0.25) is 0 Å². The Morgan fingerprint density at radius 2 is 2.00 bits per heavy atom. The summed E-state index contributed by atoms with van der Waals surface area (Å²) in [7, 11) is -0.497. The van der Waals surface area contributed by atoms with Gasteiger partial charge in [0.2, 0.25) is 5.95 Å². The summed E-state index contributed by atoms with van der Waals surface area (Å²) in [5.41, 5.74) is 5.04. The summed E-state index contributed by atoms with van der Waals surface area (Å²) in [6, 6.07) is 8.86. The summed E-state index contributed by atoms with van der Waals surface area (Å²) in [5.74, 6) is 0.109. The number of pyridine rings is 1. The minimum atomic E-state index is -2.61. The normalized spacial score (nSPS) is 13.7. The molecule has 0 saturated heterocycles. The molecule has 2 aromatic heterocycles. The predicted octanol–water partition coefficient (Wildman–Crippen LogP) is 4.84. The highest BCUT2D eigenvalue weighted by Crippen LogP contribution is 2.32. The van der Waals surface area contributed by atoms with Crippen molar-refractivity contribution in [1.82, 2.24) is 19.9 Å². The fourth-order valence-electron chi connectivity index (χ4n) is 4.11. The molecule has 1 aliphatic rings. The van der Waals surface area contributed by atoms with E-state index >= 15 is 0 Å². The molecular weight excluding hydrogens is 479 g/mol. The molecule has 0 amide bonds. The van der Waals surface area contributed by atoms with Crippen LogP contribution in [0.4, 0.5) is 33.5 Å². The molecule has 0 fully saturated rings. The van der Waals surface area contributed by atoms with Crippen molar-refractivity contribution in [3.8, 4) is 6.07 Å². The molecule has 3 heterocycles. The van der Waals surface area contributed by atoms with E-state index in [0.717, 1.165) is 25.2 Å². The second-order valence-electron chi connectivity index (χ2n) is 9.44. The van der Waals surface area contributed by atoms with Gasteiger partial charge in [-0.2, -0.15) is 14.6 Å². The van der Waals surface area contributed by atoms with Gasteiger partial charge in [0.15, 0.2) is 17.5 Å². The van der Waals surface area contributed by atoms with Crippen LogP contribution in [0.1, 0.15) is 42.0 Å². The zero-order valence-corrected chi connectivity index (χ0v) is 21.8. The summed E-state index contributed by atoms with van der Waals surface area (Å²) in [4.78, 5) is 15.2. The van der Waals surface area contributed by atoms with E-state index in [1.165, 1.54) is 47.5 Å². The molecule has 0 spiro atoms. The highest BCUT2D eigenvalue weighted by molar-refractivity contribution is 7.92. The molecule has 0 atom stereocenters. The second-order valence-corrected chi connectivity index (χ2v) is 12.0. The zero-order chi connectivity index (χ0) is 26.0. The Bertz CT molecular complexity index is 1470. The highest BCUT2D eigenvalue weighted by atomic mass is 32.2. The first-order valence-electron chi connectivity index (χ1n) is 11.5. The maximum atomic E-state index is 14.1. The van der Waals surface area contributed by atoms with E-state index in [4.69, 9.17) is 0 Å². The van der Waals surface area contributed by atoms with Crippen LogP contribution >= 0.6 is 0 Å². The Kier molecular flexibility index (Phi) is 7.19. The minimum absolute atomic E-state index is 0.190. The zero-order valence-electron chi connectivity index (χ0n) is 21.0. The number of fused-ring (bicyclic) bond motifs is 1. The molecule has 0 saturated carbocycles. The van der Waals surface area contributed by atoms with Crippen molar-refractivity contribution in [2.24, 2.45) is 4.36 Å². The number of benzene rings is 1. The topological polar surface area (TPSA) is 119 Å². The molecule has 4 rings (SSSR count). The van der Waals surface area contributed by atoms with Gasteiger partial charge in [0.05, 0.1) is 6.20 Å². The third-order valence-electron chi connectivity index (χ3n) is 5.73. The maximum absolute atomic E-state index is 14.1. The lowest BCUT2D eigenvalue weighted by Gasteiger charge is -2.29. The third kappa shape index (κ3) is 5.95. The van der Waals surface area contributed by atoms with Gasteiger partial charge in [-0.05, 0) is 60.3 Å². The number of nitrogens with zero attached hydrogens (tertiary/aromatic N) is 6. The number of likely N-dealkylation sites (N-methyl/N-ethyl adjacent to an activating group) is 1. The van der Waals surface area contributed by atoms with Gasteiger partial charge in [-0.15, -0.1) is 0 Å². The van der Waals surface area contributed by atoms with Gasteiger partial charge in [0, 0.05) is 41.0 Å². The van der Waals surface area contributed by atoms with Crippen molar-refractivity contribution in [1.29, 1.82) is 5.26 Å². The van der Waals surface area contributed by atoms with Gasteiger partial charge in [-0.25, -0.2) is 18.6 Å². The fraction of sp³-hybridized carbons (Fsp3) is 0.360. The van der Waals surface area contributed by atoms with Crippen molar-refractivity contribution in [3.05, 3.63) is 58.5 Å². The van der Waals surface area contributed by atoms with Crippen molar-refractivity contribution < 1.29 is 8.60 Å². The van der Waals surface area contributed by atoms with Crippen LogP contribution in [0, 0.1) is 17.1 Å². The Morgan fingerprint density at radius 3 is 2.69 bits per heavy atom. The SMILES string of the molecule is CC(C)c1cc(Nc2ncc(C#N)c(Nc3ccc(F)c(N=S(C)(C)=O)n3)n2)cc2c1CCN(C)C2. The van der Waals surface area contributed by atoms with E-state index in [1.807, 2.05) is 6.07 Å². The van der Waals surface area contributed by atoms with E-state index in [2.05, 4.69) is 67.9 Å². The number of nitriles is 1. The number of hydrogen-bond acceptors (Lipinski definition) is 9. The quantitative estimate of drug-likeness (QED) is 0.485. The highest BCUT2D eigenvalue weighted by Gasteiger charge is 2.20. The summed E-state index contributed by atoms with van der Waals surface area (Å²) < 4.78 is 30.0. The van der Waals surface area contributed by atoms with Crippen LogP contribution < -0.4 is 10.6 Å². The van der Waals surface area contributed by atoms with Crippen LogP contribution in [-0.4, -0.2) is 50.2 Å². The fourth-order valence-corrected chi connectivity index (χ4v) is 4.65. The number of anilines is 4. The number of halogens is 1. The van der Waals surface area contributed by atoms with E-state index in [0.29, 0.717) is 11.9 Å². The second kappa shape index (κ2) is 10.2. The van der Waals surface area contributed by atoms with Gasteiger partial charge in [-0.3, -0.25) is 0 Å². The largest absolute Gasteiger partial charge is 0.324 e. The van der Waals surface area contributed by atoms with Crippen molar-refractivity contribution in [2.45, 2.75) is 32.7 Å². The Labute approximate surface area is 211 Å². The molecule has 0 aliphatic carbocycles. The lowest BCUT2D eigenvalue weighted by Crippen LogP contribution is -2.27. The molecular formula is C25H29FN8OS. The van der Waals surface area contributed by atoms with Gasteiger partial charge in [0.1, 0.15) is 17.5 Å². The molecule has 11 heteroatoms. The first kappa shape index (κ1) is 25.5. The van der Waals surface area contributed by atoms with E-state index in [9.17, 15) is 13.9 Å². The van der Waals surface area contributed by atoms with Crippen LogP contribution in [0.15, 0.2) is 34.8 Å². The molecule has 188 valence electrons. The molecule has 9 nitrogen and oxygen atoms in total. The number of nitrogens with one attached hydrogen (secondary N) is 2. The van der Waals surface area contributed by atoms with Gasteiger partial charge in [-0.1, -0.05) is 13.8 Å². The summed E-state index contributed by atoms with van der Waals surface area (Å²) >= 11 is 0. The molecule has 3 aromatic rings. The molecule has 0 bridgehead atoms. The molecule has 0 radical (unpaired) electrons. The molecule has 2 N–H and O–H groups in total.